The van der Waals surface area contributed by atoms with Crippen molar-refractivity contribution in [3.63, 3.8) is 0 Å². The van der Waals surface area contributed by atoms with Crippen LogP contribution in [0.2, 0.25) is 0 Å². The minimum Gasteiger partial charge on any atom is -1.00 e. The van der Waals surface area contributed by atoms with Gasteiger partial charge in [-0.2, -0.15) is 0 Å². The van der Waals surface area contributed by atoms with E-state index in [9.17, 15) is 19.7 Å². The van der Waals surface area contributed by atoms with Crippen molar-refractivity contribution in [2.24, 2.45) is 5.73 Å². The second kappa shape index (κ2) is 6.50. The van der Waals surface area contributed by atoms with Crippen molar-refractivity contribution < 1.29 is 50.6 Å². The molecule has 8 nitrogen and oxygen atoms in total. The number of nitro benzene ring substituents is 1. The van der Waals surface area contributed by atoms with Crippen molar-refractivity contribution in [1.29, 1.82) is 0 Å². The number of nitrogens with zero attached hydrogens (tertiary/aromatic N) is 1. The molecule has 0 bridgehead atoms. The number of non-ortho nitro benzene ring substituents is 1. The zero-order valence-corrected chi connectivity index (χ0v) is 12.4. The van der Waals surface area contributed by atoms with Gasteiger partial charge in [0.1, 0.15) is 0 Å². The van der Waals surface area contributed by atoms with Crippen molar-refractivity contribution in [2.45, 2.75) is 12.5 Å². The van der Waals surface area contributed by atoms with E-state index in [1.54, 1.807) is 0 Å². The third kappa shape index (κ3) is 3.91. The van der Waals surface area contributed by atoms with Gasteiger partial charge in [0.2, 0.25) is 0 Å². The van der Waals surface area contributed by atoms with Crippen molar-refractivity contribution in [1.82, 2.24) is 5.32 Å². The van der Waals surface area contributed by atoms with E-state index in [-0.39, 0.29) is 42.2 Å². The molecule has 4 N–H and O–H groups in total. The van der Waals surface area contributed by atoms with E-state index >= 15 is 0 Å². The molecule has 1 atom stereocenters. The average Bonchev–Trinajstić information content (AvgIpc) is 2.27. The molecule has 9 heteroatoms. The number of carbonyl (C=O) groups excluding carboxylic acids is 1. The van der Waals surface area contributed by atoms with E-state index in [1.165, 1.54) is 19.1 Å². The topological polar surface area (TPSA) is 136 Å². The van der Waals surface area contributed by atoms with E-state index in [1.807, 2.05) is 0 Å². The molecule has 0 aliphatic rings. The summed E-state index contributed by atoms with van der Waals surface area (Å²) >= 11 is 0. The van der Waals surface area contributed by atoms with Crippen LogP contribution in [0.1, 0.15) is 13.9 Å². The summed E-state index contributed by atoms with van der Waals surface area (Å²) in [5.41, 5.74) is 3.18. The molecule has 0 radical (unpaired) electrons. The number of primary amides is 1. The molecule has 2 amide bonds. The van der Waals surface area contributed by atoms with Gasteiger partial charge in [-0.1, -0.05) is 0 Å². The summed E-state index contributed by atoms with van der Waals surface area (Å²) in [5.74, 6) is -1.32. The molecular formula is C10H12N3NaO5. The predicted octanol–water partition coefficient (Wildman–Crippen LogP) is -2.32. The quantitative estimate of drug-likeness (QED) is 0.322. The Morgan fingerprint density at radius 3 is 2.21 bits per heavy atom. The molecule has 98 valence electrons. The van der Waals surface area contributed by atoms with Crippen molar-refractivity contribution in [3.8, 4) is 0 Å². The maximum absolute atomic E-state index is 11.2. The molecule has 1 aromatic carbocycles. The van der Waals surface area contributed by atoms with Gasteiger partial charge in [0.05, 0.1) is 4.92 Å². The van der Waals surface area contributed by atoms with Crippen molar-refractivity contribution in [2.75, 3.05) is 0 Å². The standard InChI is InChI=1S/C10H11N3O5.Na.H/c1-10(8(14)15,12-9(11)16)6-2-4-7(5-3-6)13(17)18;;/h2-5H,1H3,(H,14,15)(H3,11,12,16);;/q;+1;-1. The monoisotopic (exact) mass is 277 g/mol. The Labute approximate surface area is 131 Å². The molecule has 1 aromatic rings. The number of carbonyl (C=O) groups is 2. The summed E-state index contributed by atoms with van der Waals surface area (Å²) in [7, 11) is 0. The number of amides is 2. The Kier molecular flexibility index (Phi) is 5.94. The summed E-state index contributed by atoms with van der Waals surface area (Å²) in [4.78, 5) is 31.8. The van der Waals surface area contributed by atoms with Gasteiger partial charge in [0, 0.05) is 12.1 Å². The molecule has 0 fully saturated rings. The van der Waals surface area contributed by atoms with E-state index < -0.39 is 22.5 Å². The van der Waals surface area contributed by atoms with Gasteiger partial charge >= 0.3 is 41.6 Å². The van der Waals surface area contributed by atoms with Crippen LogP contribution in [0.25, 0.3) is 0 Å². The van der Waals surface area contributed by atoms with Gasteiger partial charge in [-0.25, -0.2) is 9.59 Å². The second-order valence-corrected chi connectivity index (χ2v) is 3.72. The van der Waals surface area contributed by atoms with Crippen molar-refractivity contribution in [3.05, 3.63) is 39.9 Å². The maximum Gasteiger partial charge on any atom is 1.00 e. The number of hydrogen-bond acceptors (Lipinski definition) is 4. The molecule has 0 saturated carbocycles. The molecule has 0 aromatic heterocycles. The molecule has 0 heterocycles. The second-order valence-electron chi connectivity index (χ2n) is 3.72. The average molecular weight is 277 g/mol. The number of hydrogen-bond donors (Lipinski definition) is 3. The zero-order valence-electron chi connectivity index (χ0n) is 11.4. The van der Waals surface area contributed by atoms with Crippen LogP contribution in [-0.2, 0) is 10.3 Å². The van der Waals surface area contributed by atoms with Crippen LogP contribution < -0.4 is 40.6 Å². The summed E-state index contributed by atoms with van der Waals surface area (Å²) in [5, 5.41) is 21.7. The number of carboxylic acid groups (broad SMARTS) is 1. The first-order valence-electron chi connectivity index (χ1n) is 4.83. The molecule has 0 saturated heterocycles. The minimum atomic E-state index is -1.74. The number of urea groups is 1. The van der Waals surface area contributed by atoms with Gasteiger partial charge in [-0.15, -0.1) is 0 Å². The maximum atomic E-state index is 11.2. The van der Waals surface area contributed by atoms with Gasteiger partial charge in [-0.05, 0) is 24.6 Å². The van der Waals surface area contributed by atoms with Crippen LogP contribution in [0.4, 0.5) is 10.5 Å². The van der Waals surface area contributed by atoms with Crippen molar-refractivity contribution >= 4 is 17.7 Å². The molecule has 1 unspecified atom stereocenters. The normalized spacial score (nSPS) is 12.7. The van der Waals surface area contributed by atoms with E-state index in [0.29, 0.717) is 0 Å². The Balaban J connectivity index is 0. The first kappa shape index (κ1) is 17.4. The van der Waals surface area contributed by atoms with E-state index in [0.717, 1.165) is 12.1 Å². The van der Waals surface area contributed by atoms with Crippen LogP contribution in [0.5, 0.6) is 0 Å². The Bertz CT molecular complexity index is 510. The smallest absolute Gasteiger partial charge is 1.00 e. The number of nitrogens with one attached hydrogen (secondary N) is 1. The fourth-order valence-electron chi connectivity index (χ4n) is 1.41. The fourth-order valence-corrected chi connectivity index (χ4v) is 1.41. The summed E-state index contributed by atoms with van der Waals surface area (Å²) in [6.45, 7) is 1.24. The minimum absolute atomic E-state index is 0. The number of benzene rings is 1. The molecule has 19 heavy (non-hydrogen) atoms. The number of carboxylic acids is 1. The first-order chi connectivity index (χ1) is 8.27. The Hall–Kier alpha value is -1.64. The summed E-state index contributed by atoms with van der Waals surface area (Å²) in [6, 6.07) is 3.81. The van der Waals surface area contributed by atoms with Gasteiger partial charge < -0.3 is 17.6 Å². The third-order valence-electron chi connectivity index (χ3n) is 2.46. The number of nitrogens with two attached hydrogens (primary N) is 1. The molecule has 0 spiro atoms. The van der Waals surface area contributed by atoms with Crippen LogP contribution in [0.3, 0.4) is 0 Å². The van der Waals surface area contributed by atoms with E-state index in [4.69, 9.17) is 10.8 Å². The van der Waals surface area contributed by atoms with Crippen LogP contribution >= 0.6 is 0 Å². The largest absolute Gasteiger partial charge is 1.00 e. The molecule has 0 aliphatic carbocycles. The first-order valence-corrected chi connectivity index (χ1v) is 4.83. The van der Waals surface area contributed by atoms with E-state index in [2.05, 4.69) is 5.32 Å². The van der Waals surface area contributed by atoms with Crippen LogP contribution in [0.15, 0.2) is 24.3 Å². The third-order valence-corrected chi connectivity index (χ3v) is 2.46. The molecule has 1 rings (SSSR count). The van der Waals surface area contributed by atoms with Crippen LogP contribution in [0, 0.1) is 10.1 Å². The number of rotatable bonds is 4. The van der Waals surface area contributed by atoms with Gasteiger partial charge in [-0.3, -0.25) is 10.1 Å². The van der Waals surface area contributed by atoms with Gasteiger partial charge in [0.25, 0.3) is 5.69 Å². The predicted molar refractivity (Wildman–Crippen MR) is 61.9 cm³/mol. The van der Waals surface area contributed by atoms with Crippen LogP contribution in [-0.4, -0.2) is 22.0 Å². The fraction of sp³-hybridized carbons (Fsp3) is 0.200. The Morgan fingerprint density at radius 2 is 1.89 bits per heavy atom. The molecule has 0 aliphatic heterocycles. The SMILES string of the molecule is CC(NC(N)=O)(C(=O)O)c1ccc([N+](=O)[O-])cc1.[H-].[Na+]. The Morgan fingerprint density at radius 1 is 1.42 bits per heavy atom. The number of nitro groups is 1. The molecular weight excluding hydrogens is 265 g/mol. The van der Waals surface area contributed by atoms with Gasteiger partial charge in [0.15, 0.2) is 5.54 Å². The number of aliphatic carboxylic acids is 1. The summed E-state index contributed by atoms with van der Waals surface area (Å²) in [6.07, 6.45) is 0. The zero-order chi connectivity index (χ0) is 13.9. The summed E-state index contributed by atoms with van der Waals surface area (Å²) < 4.78 is 0.